The molecule has 1 spiro atoms. The lowest BCUT2D eigenvalue weighted by atomic mass is 9.90. The van der Waals surface area contributed by atoms with Crippen LogP contribution >= 0.6 is 0 Å². The van der Waals surface area contributed by atoms with Gasteiger partial charge in [-0.2, -0.15) is 0 Å². The number of benzene rings is 1. The summed E-state index contributed by atoms with van der Waals surface area (Å²) >= 11 is 0. The number of hydrogen-bond donors (Lipinski definition) is 1. The molecule has 3 fully saturated rings. The first kappa shape index (κ1) is 25.3. The largest absolute Gasteiger partial charge is 0.453 e. The molecular formula is C27H38O6Si. The Hall–Kier alpha value is -1.77. The molecule has 1 aliphatic carbocycles. The smallest absolute Gasteiger partial charge is 0.338 e. The van der Waals surface area contributed by atoms with Crippen molar-refractivity contribution in [2.75, 3.05) is 0 Å². The molecule has 0 bridgehead atoms. The molecule has 2 heterocycles. The van der Waals surface area contributed by atoms with E-state index in [0.717, 1.165) is 32.1 Å². The lowest BCUT2D eigenvalue weighted by Crippen LogP contribution is -2.60. The monoisotopic (exact) mass is 486 g/mol. The fraction of sp³-hybridized carbons (Fsp3) is 0.593. The molecule has 4 rings (SSSR count). The molecule has 6 nitrogen and oxygen atoms in total. The molecule has 0 amide bonds. The molecule has 2 unspecified atom stereocenters. The van der Waals surface area contributed by atoms with E-state index in [1.807, 2.05) is 12.1 Å². The zero-order valence-corrected chi connectivity index (χ0v) is 21.5. The molecule has 2 aliphatic heterocycles. The molecule has 186 valence electrons. The van der Waals surface area contributed by atoms with Crippen molar-refractivity contribution in [1.82, 2.24) is 0 Å². The number of carbonyl (C=O) groups excluding carboxylic acids is 1. The fourth-order valence-corrected chi connectivity index (χ4v) is 5.87. The first-order valence-electron chi connectivity index (χ1n) is 12.5. The third kappa shape index (κ3) is 5.71. The summed E-state index contributed by atoms with van der Waals surface area (Å²) in [5, 5.41) is 11.1. The number of aliphatic hydroxyl groups excluding tert-OH is 1. The minimum atomic E-state index is -1.51. The van der Waals surface area contributed by atoms with Crippen LogP contribution in [0.25, 0.3) is 0 Å². The summed E-state index contributed by atoms with van der Waals surface area (Å²) in [7, 11) is -1.51. The highest BCUT2D eigenvalue weighted by Gasteiger charge is 2.60. The van der Waals surface area contributed by atoms with E-state index in [4.69, 9.17) is 18.9 Å². The molecule has 1 aromatic rings. The van der Waals surface area contributed by atoms with E-state index in [-0.39, 0.29) is 0 Å². The normalized spacial score (nSPS) is 31.8. The molecule has 7 heteroatoms. The quantitative estimate of drug-likeness (QED) is 0.339. The molecule has 34 heavy (non-hydrogen) atoms. The summed E-state index contributed by atoms with van der Waals surface area (Å²) in [5.74, 6) is -1.13. The molecule has 1 aromatic carbocycles. The summed E-state index contributed by atoms with van der Waals surface area (Å²) in [6.45, 7) is 10.5. The Morgan fingerprint density at radius 3 is 2.50 bits per heavy atom. The molecule has 1 N–H and O–H groups in total. The summed E-state index contributed by atoms with van der Waals surface area (Å²) in [5.41, 5.74) is 2.59. The second-order valence-corrected chi connectivity index (χ2v) is 15.8. The molecule has 6 atom stereocenters. The van der Waals surface area contributed by atoms with Crippen molar-refractivity contribution < 1.29 is 28.8 Å². The SMILES string of the molecule is C=CC[C@@H]1O[C@@H](C(O)/C=C/[Si](C)(C)C)[C@H]2OC3(CCCCC3)OC2[C@H]1OC(=O)c1ccccc1. The predicted molar refractivity (Wildman–Crippen MR) is 133 cm³/mol. The highest BCUT2D eigenvalue weighted by atomic mass is 28.3. The predicted octanol–water partition coefficient (Wildman–Crippen LogP) is 4.79. The van der Waals surface area contributed by atoms with Crippen LogP contribution in [0.4, 0.5) is 0 Å². The van der Waals surface area contributed by atoms with Crippen molar-refractivity contribution in [3.8, 4) is 0 Å². The standard InChI is InChI=1S/C27H38O6Si/c1-5-12-21-23(31-26(29)19-13-8-6-9-14-19)25-24(32-27(33-25)16-10-7-11-17-27)22(30-21)20(28)15-18-34(2,3)4/h5-6,8-9,13-15,18,20-25,28H,1,7,10-12,16-17H2,2-4H3/b18-15+/t20?,21-,22-,23-,24+,25?/m0/s1. The summed E-state index contributed by atoms with van der Waals surface area (Å²) < 4.78 is 25.6. The van der Waals surface area contributed by atoms with Crippen LogP contribution in [-0.4, -0.2) is 61.6 Å². The second kappa shape index (κ2) is 10.5. The number of fused-ring (bicyclic) bond motifs is 1. The highest BCUT2D eigenvalue weighted by molar-refractivity contribution is 6.80. The number of aliphatic hydroxyl groups is 1. The Morgan fingerprint density at radius 1 is 1.18 bits per heavy atom. The fourth-order valence-electron chi connectivity index (χ4n) is 5.09. The van der Waals surface area contributed by atoms with Gasteiger partial charge in [0, 0.05) is 12.8 Å². The minimum absolute atomic E-state index is 0.423. The minimum Gasteiger partial charge on any atom is -0.453 e. The highest BCUT2D eigenvalue weighted by Crippen LogP contribution is 2.46. The Morgan fingerprint density at radius 2 is 1.85 bits per heavy atom. The van der Waals surface area contributed by atoms with Gasteiger partial charge in [-0.05, 0) is 31.4 Å². The van der Waals surface area contributed by atoms with Gasteiger partial charge in [0.2, 0.25) is 0 Å². The van der Waals surface area contributed by atoms with Crippen LogP contribution in [0.3, 0.4) is 0 Å². The number of rotatable bonds is 7. The van der Waals surface area contributed by atoms with Gasteiger partial charge in [-0.3, -0.25) is 0 Å². The van der Waals surface area contributed by atoms with Gasteiger partial charge in [-0.25, -0.2) is 4.79 Å². The topological polar surface area (TPSA) is 74.2 Å². The van der Waals surface area contributed by atoms with Gasteiger partial charge in [-0.1, -0.05) is 62.1 Å². The third-order valence-electron chi connectivity index (χ3n) is 6.77. The van der Waals surface area contributed by atoms with Gasteiger partial charge in [-0.15, -0.1) is 6.58 Å². The van der Waals surface area contributed by atoms with E-state index in [2.05, 4.69) is 31.9 Å². The maximum Gasteiger partial charge on any atom is 0.338 e. The van der Waals surface area contributed by atoms with Crippen molar-refractivity contribution in [1.29, 1.82) is 0 Å². The van der Waals surface area contributed by atoms with Crippen LogP contribution in [0.15, 0.2) is 54.8 Å². The Balaban J connectivity index is 1.63. The third-order valence-corrected chi connectivity index (χ3v) is 7.96. The van der Waals surface area contributed by atoms with Gasteiger partial charge < -0.3 is 24.1 Å². The van der Waals surface area contributed by atoms with Crippen LogP contribution in [0.2, 0.25) is 19.6 Å². The van der Waals surface area contributed by atoms with Crippen LogP contribution in [0.1, 0.15) is 48.9 Å². The van der Waals surface area contributed by atoms with E-state index in [1.165, 1.54) is 0 Å². The van der Waals surface area contributed by atoms with Crippen molar-refractivity contribution in [3.05, 3.63) is 60.3 Å². The van der Waals surface area contributed by atoms with Gasteiger partial charge in [0.05, 0.1) is 13.6 Å². The summed E-state index contributed by atoms with van der Waals surface area (Å²) in [6.07, 6.45) is 5.15. The number of hydrogen-bond acceptors (Lipinski definition) is 6. The average molecular weight is 487 g/mol. The Bertz CT molecular complexity index is 873. The van der Waals surface area contributed by atoms with Gasteiger partial charge >= 0.3 is 5.97 Å². The van der Waals surface area contributed by atoms with Gasteiger partial charge in [0.1, 0.15) is 30.5 Å². The maximum atomic E-state index is 13.0. The lowest BCUT2D eigenvalue weighted by molar-refractivity contribution is -0.207. The van der Waals surface area contributed by atoms with Crippen molar-refractivity contribution in [2.24, 2.45) is 0 Å². The number of carbonyl (C=O) groups is 1. The van der Waals surface area contributed by atoms with E-state index in [1.54, 1.807) is 30.3 Å². The van der Waals surface area contributed by atoms with Crippen LogP contribution in [0, 0.1) is 0 Å². The Labute approximate surface area is 203 Å². The number of esters is 1. The molecule has 2 saturated heterocycles. The summed E-state index contributed by atoms with van der Waals surface area (Å²) in [6, 6.07) is 8.93. The van der Waals surface area contributed by atoms with E-state index >= 15 is 0 Å². The molecular weight excluding hydrogens is 448 g/mol. The maximum absolute atomic E-state index is 13.0. The molecule has 3 aliphatic rings. The van der Waals surface area contributed by atoms with Crippen molar-refractivity contribution in [3.63, 3.8) is 0 Å². The van der Waals surface area contributed by atoms with Crippen LogP contribution in [0.5, 0.6) is 0 Å². The summed E-state index contributed by atoms with van der Waals surface area (Å²) in [4.78, 5) is 13.0. The van der Waals surface area contributed by atoms with E-state index in [9.17, 15) is 9.90 Å². The first-order chi connectivity index (χ1) is 16.2. The van der Waals surface area contributed by atoms with Crippen LogP contribution in [-0.2, 0) is 18.9 Å². The molecule has 0 aromatic heterocycles. The first-order valence-corrected chi connectivity index (χ1v) is 16.0. The Kier molecular flexibility index (Phi) is 7.79. The van der Waals surface area contributed by atoms with E-state index < -0.39 is 56.5 Å². The van der Waals surface area contributed by atoms with Crippen molar-refractivity contribution >= 4 is 14.0 Å². The average Bonchev–Trinajstić information content (AvgIpc) is 3.17. The van der Waals surface area contributed by atoms with Gasteiger partial charge in [0.25, 0.3) is 0 Å². The molecule has 0 radical (unpaired) electrons. The van der Waals surface area contributed by atoms with Crippen molar-refractivity contribution in [2.45, 2.75) is 101 Å². The molecule has 1 saturated carbocycles. The second-order valence-electron chi connectivity index (χ2n) is 10.8. The zero-order chi connectivity index (χ0) is 24.3. The van der Waals surface area contributed by atoms with Crippen LogP contribution < -0.4 is 0 Å². The zero-order valence-electron chi connectivity index (χ0n) is 20.5. The lowest BCUT2D eigenvalue weighted by Gasteiger charge is -2.42. The van der Waals surface area contributed by atoms with Gasteiger partial charge in [0.15, 0.2) is 11.9 Å². The number of ether oxygens (including phenoxy) is 4. The van der Waals surface area contributed by atoms with E-state index in [0.29, 0.717) is 12.0 Å².